The minimum Gasteiger partial charge on any atom is -0.507 e. The quantitative estimate of drug-likeness (QED) is 0.726. The summed E-state index contributed by atoms with van der Waals surface area (Å²) in [5.41, 5.74) is 0.378. The summed E-state index contributed by atoms with van der Waals surface area (Å²) < 4.78 is 15.7. The Hall–Kier alpha value is -3.42. The van der Waals surface area contributed by atoms with Crippen LogP contribution in [0.4, 0.5) is 5.69 Å². The van der Waals surface area contributed by atoms with Crippen LogP contribution in [0.1, 0.15) is 17.2 Å². The second-order valence-electron chi connectivity index (χ2n) is 5.21. The molecule has 0 radical (unpaired) electrons. The number of ether oxygens (including phenoxy) is 1. The lowest BCUT2D eigenvalue weighted by Crippen LogP contribution is -2.07. The van der Waals surface area contributed by atoms with E-state index in [-0.39, 0.29) is 11.3 Å². The van der Waals surface area contributed by atoms with E-state index in [9.17, 15) is 9.90 Å². The van der Waals surface area contributed by atoms with Gasteiger partial charge in [0.15, 0.2) is 0 Å². The van der Waals surface area contributed by atoms with Crippen LogP contribution in [-0.2, 0) is 0 Å². The third-order valence-electron chi connectivity index (χ3n) is 3.37. The second kappa shape index (κ2) is 6.60. The lowest BCUT2D eigenvalue weighted by Gasteiger charge is -2.05. The van der Waals surface area contributed by atoms with Crippen molar-refractivity contribution < 1.29 is 18.7 Å². The highest BCUT2D eigenvalue weighted by Gasteiger charge is 2.13. The normalized spacial score (nSPS) is 11.2. The highest BCUT2D eigenvalue weighted by atomic mass is 16.5. The van der Waals surface area contributed by atoms with Gasteiger partial charge in [0.05, 0.1) is 18.4 Å². The van der Waals surface area contributed by atoms with Crippen LogP contribution in [0, 0.1) is 13.8 Å². The van der Waals surface area contributed by atoms with Gasteiger partial charge in [-0.05, 0) is 25.1 Å². The Morgan fingerprint density at radius 1 is 1.20 bits per heavy atom. The van der Waals surface area contributed by atoms with Gasteiger partial charge in [-0.15, -0.1) is 10.2 Å². The Morgan fingerprint density at radius 3 is 2.64 bits per heavy atom. The van der Waals surface area contributed by atoms with Gasteiger partial charge in [-0.1, -0.05) is 0 Å². The summed E-state index contributed by atoms with van der Waals surface area (Å²) in [6, 6.07) is 6.41. The molecular formula is C17H15N3O5. The number of hydrogen-bond acceptors (Lipinski definition) is 8. The first-order valence-corrected chi connectivity index (χ1v) is 7.34. The van der Waals surface area contributed by atoms with Gasteiger partial charge in [-0.25, -0.2) is 4.79 Å². The molecule has 2 aromatic heterocycles. The van der Waals surface area contributed by atoms with Gasteiger partial charge in [0.1, 0.15) is 22.8 Å². The van der Waals surface area contributed by atoms with Gasteiger partial charge in [-0.3, -0.25) is 4.99 Å². The summed E-state index contributed by atoms with van der Waals surface area (Å²) in [7, 11) is 1.53. The van der Waals surface area contributed by atoms with Gasteiger partial charge < -0.3 is 18.7 Å². The van der Waals surface area contributed by atoms with Crippen LogP contribution in [0.15, 0.2) is 42.9 Å². The topological polar surface area (TPSA) is 111 Å². The van der Waals surface area contributed by atoms with Crippen LogP contribution in [0.25, 0.3) is 11.5 Å². The summed E-state index contributed by atoms with van der Waals surface area (Å²) in [5.74, 6) is 1.38. The summed E-state index contributed by atoms with van der Waals surface area (Å²) in [6.45, 7) is 3.26. The van der Waals surface area contributed by atoms with E-state index in [1.807, 2.05) is 0 Å². The van der Waals surface area contributed by atoms with E-state index in [0.29, 0.717) is 34.5 Å². The Balaban J connectivity index is 2.00. The Bertz CT molecular complexity index is 1000. The molecule has 8 nitrogen and oxygen atoms in total. The highest BCUT2D eigenvalue weighted by molar-refractivity contribution is 5.85. The molecule has 25 heavy (non-hydrogen) atoms. The summed E-state index contributed by atoms with van der Waals surface area (Å²) in [6.07, 6.45) is 1.24. The molecule has 0 spiro atoms. The fraction of sp³-hybridized carbons (Fsp3) is 0.176. The molecule has 0 fully saturated rings. The van der Waals surface area contributed by atoms with Gasteiger partial charge in [0, 0.05) is 19.2 Å². The molecule has 0 aliphatic heterocycles. The van der Waals surface area contributed by atoms with Crippen molar-refractivity contribution in [3.05, 3.63) is 51.9 Å². The molecule has 1 N–H and O–H groups in total. The van der Waals surface area contributed by atoms with E-state index >= 15 is 0 Å². The van der Waals surface area contributed by atoms with E-state index < -0.39 is 5.63 Å². The van der Waals surface area contributed by atoms with Crippen molar-refractivity contribution in [1.29, 1.82) is 0 Å². The maximum absolute atomic E-state index is 11.8. The summed E-state index contributed by atoms with van der Waals surface area (Å²) >= 11 is 0. The predicted molar refractivity (Wildman–Crippen MR) is 89.7 cm³/mol. The highest BCUT2D eigenvalue weighted by Crippen LogP contribution is 2.32. The van der Waals surface area contributed by atoms with Crippen LogP contribution in [0.5, 0.6) is 11.5 Å². The molecule has 3 aromatic rings. The number of aromatic hydroxyl groups is 1. The molecule has 0 unspecified atom stereocenters. The van der Waals surface area contributed by atoms with Crippen LogP contribution >= 0.6 is 0 Å². The zero-order chi connectivity index (χ0) is 18.0. The van der Waals surface area contributed by atoms with Crippen molar-refractivity contribution >= 4 is 11.9 Å². The second-order valence-corrected chi connectivity index (χ2v) is 5.21. The van der Waals surface area contributed by atoms with Crippen molar-refractivity contribution in [2.24, 2.45) is 4.99 Å². The van der Waals surface area contributed by atoms with Crippen molar-refractivity contribution in [2.75, 3.05) is 7.11 Å². The van der Waals surface area contributed by atoms with Crippen molar-refractivity contribution in [3.8, 4) is 23.0 Å². The first kappa shape index (κ1) is 16.4. The maximum Gasteiger partial charge on any atom is 0.348 e. The van der Waals surface area contributed by atoms with Gasteiger partial charge in [-0.2, -0.15) is 0 Å². The zero-order valence-corrected chi connectivity index (χ0v) is 13.8. The zero-order valence-electron chi connectivity index (χ0n) is 13.8. The van der Waals surface area contributed by atoms with Crippen LogP contribution in [0.3, 0.4) is 0 Å². The molecule has 3 rings (SSSR count). The molecule has 0 aliphatic rings. The van der Waals surface area contributed by atoms with Crippen LogP contribution < -0.4 is 10.4 Å². The molecule has 0 aliphatic carbocycles. The fourth-order valence-corrected chi connectivity index (χ4v) is 2.21. The number of aromatic nitrogens is 2. The molecule has 128 valence electrons. The first-order valence-electron chi connectivity index (χ1n) is 7.34. The number of aliphatic imine (C=N–C) groups is 1. The fourth-order valence-electron chi connectivity index (χ4n) is 2.21. The number of rotatable bonds is 4. The number of benzene rings is 1. The molecule has 1 aromatic carbocycles. The number of nitrogens with zero attached hydrogens (tertiary/aromatic N) is 3. The number of methoxy groups -OCH3 is 1. The molecule has 8 heteroatoms. The Morgan fingerprint density at radius 2 is 2.00 bits per heavy atom. The smallest absolute Gasteiger partial charge is 0.348 e. The number of hydrogen-bond donors (Lipinski definition) is 1. The summed E-state index contributed by atoms with van der Waals surface area (Å²) in [5, 5.41) is 17.6. The van der Waals surface area contributed by atoms with Crippen LogP contribution in [0.2, 0.25) is 0 Å². The first-order chi connectivity index (χ1) is 12.0. The molecule has 2 heterocycles. The minimum absolute atomic E-state index is 0.0309. The third kappa shape index (κ3) is 3.42. The van der Waals surface area contributed by atoms with Crippen molar-refractivity contribution in [1.82, 2.24) is 10.2 Å². The van der Waals surface area contributed by atoms with Gasteiger partial charge in [0.2, 0.25) is 5.89 Å². The molecule has 0 saturated heterocycles. The lowest BCUT2D eigenvalue weighted by atomic mass is 10.1. The molecule has 0 saturated carbocycles. The Kier molecular flexibility index (Phi) is 4.34. The van der Waals surface area contributed by atoms with E-state index in [1.54, 1.807) is 32.0 Å². The van der Waals surface area contributed by atoms with E-state index in [1.165, 1.54) is 19.4 Å². The van der Waals surface area contributed by atoms with Crippen molar-refractivity contribution in [3.63, 3.8) is 0 Å². The largest absolute Gasteiger partial charge is 0.507 e. The van der Waals surface area contributed by atoms with E-state index in [4.69, 9.17) is 13.6 Å². The van der Waals surface area contributed by atoms with Crippen LogP contribution in [-0.4, -0.2) is 28.6 Å². The SMILES string of the molecule is COc1ccc(N=Cc2c(O)cc(C)oc2=O)cc1-c1nnc(C)o1. The minimum atomic E-state index is -0.664. The van der Waals surface area contributed by atoms with Gasteiger partial charge >= 0.3 is 5.63 Å². The van der Waals surface area contributed by atoms with Crippen molar-refractivity contribution in [2.45, 2.75) is 13.8 Å². The maximum atomic E-state index is 11.8. The lowest BCUT2D eigenvalue weighted by molar-refractivity contribution is 0.414. The predicted octanol–water partition coefficient (Wildman–Crippen LogP) is 2.77. The molecule has 0 atom stereocenters. The average molecular weight is 341 g/mol. The monoisotopic (exact) mass is 341 g/mol. The molecule has 0 bridgehead atoms. The van der Waals surface area contributed by atoms with E-state index in [0.717, 1.165) is 0 Å². The third-order valence-corrected chi connectivity index (χ3v) is 3.37. The molecule has 0 amide bonds. The number of aryl methyl sites for hydroxylation is 2. The molecular weight excluding hydrogens is 326 g/mol. The summed E-state index contributed by atoms with van der Waals surface area (Å²) in [4.78, 5) is 16.0. The standard InChI is InChI=1S/C17H15N3O5/c1-9-6-14(21)13(17(22)24-9)8-18-11-4-5-15(23-3)12(7-11)16-20-19-10(2)25-16/h4-8,21H,1-3H3. The van der Waals surface area contributed by atoms with Gasteiger partial charge in [0.25, 0.3) is 5.89 Å². The Labute approximate surface area is 142 Å². The van der Waals surface area contributed by atoms with E-state index in [2.05, 4.69) is 15.2 Å². The average Bonchev–Trinajstić information content (AvgIpc) is 3.00.